The molecular weight excluding hydrogens is 316 g/mol. The van der Waals surface area contributed by atoms with Crippen LogP contribution in [0.15, 0.2) is 48.7 Å². The Labute approximate surface area is 137 Å². The van der Waals surface area contributed by atoms with Crippen LogP contribution in [0.2, 0.25) is 5.02 Å². The van der Waals surface area contributed by atoms with Crippen LogP contribution >= 0.6 is 11.6 Å². The number of halogens is 1. The van der Waals surface area contributed by atoms with E-state index in [0.717, 1.165) is 11.1 Å². The first-order valence-electron chi connectivity index (χ1n) is 6.96. The molecule has 1 heterocycles. The number of rotatable bonds is 4. The average Bonchev–Trinajstić information content (AvgIpc) is 2.54. The molecule has 0 N–H and O–H groups in total. The van der Waals surface area contributed by atoms with E-state index < -0.39 is 4.92 Å². The van der Waals surface area contributed by atoms with Crippen molar-refractivity contribution >= 4 is 28.2 Å². The van der Waals surface area contributed by atoms with Gasteiger partial charge in [-0.15, -0.1) is 0 Å². The molecular formula is C17H13ClN2O3. The lowest BCUT2D eigenvalue weighted by Crippen LogP contribution is -1.97. The van der Waals surface area contributed by atoms with Gasteiger partial charge in [0.25, 0.3) is 0 Å². The maximum absolute atomic E-state index is 11.0. The second kappa shape index (κ2) is 6.22. The van der Waals surface area contributed by atoms with E-state index in [4.69, 9.17) is 16.3 Å². The molecule has 116 valence electrons. The third-order valence-corrected chi connectivity index (χ3v) is 3.89. The fourth-order valence-electron chi connectivity index (χ4n) is 2.36. The average molecular weight is 329 g/mol. The molecule has 23 heavy (non-hydrogen) atoms. The highest BCUT2D eigenvalue weighted by molar-refractivity contribution is 6.37. The maximum Gasteiger partial charge on any atom is 0.306 e. The SMILES string of the molecule is Cc1cc(OCc2ccccc2)cc2c(Cl)c([N+](=O)[O-])cnc12. The van der Waals surface area contributed by atoms with Gasteiger partial charge in [0.2, 0.25) is 0 Å². The Hall–Kier alpha value is -2.66. The van der Waals surface area contributed by atoms with Gasteiger partial charge < -0.3 is 4.74 Å². The molecule has 0 unspecified atom stereocenters. The topological polar surface area (TPSA) is 65.3 Å². The van der Waals surface area contributed by atoms with E-state index in [0.29, 0.717) is 23.3 Å². The zero-order chi connectivity index (χ0) is 16.4. The lowest BCUT2D eigenvalue weighted by atomic mass is 10.1. The molecule has 0 atom stereocenters. The number of nitrogens with zero attached hydrogens (tertiary/aromatic N) is 2. The van der Waals surface area contributed by atoms with Gasteiger partial charge in [0.1, 0.15) is 23.6 Å². The van der Waals surface area contributed by atoms with E-state index >= 15 is 0 Å². The Morgan fingerprint density at radius 3 is 2.70 bits per heavy atom. The van der Waals surface area contributed by atoms with E-state index in [1.54, 1.807) is 6.07 Å². The second-order valence-electron chi connectivity index (χ2n) is 5.13. The van der Waals surface area contributed by atoms with Gasteiger partial charge in [-0.1, -0.05) is 41.9 Å². The zero-order valence-electron chi connectivity index (χ0n) is 12.3. The summed E-state index contributed by atoms with van der Waals surface area (Å²) in [5, 5.41) is 11.6. The predicted octanol–water partition coefficient (Wildman–Crippen LogP) is 4.68. The number of hydrogen-bond acceptors (Lipinski definition) is 4. The number of nitro groups is 1. The summed E-state index contributed by atoms with van der Waals surface area (Å²) in [5.74, 6) is 0.600. The molecule has 0 fully saturated rings. The Kier molecular flexibility index (Phi) is 4.12. The van der Waals surface area contributed by atoms with Gasteiger partial charge in [0.05, 0.1) is 10.4 Å². The van der Waals surface area contributed by atoms with Crippen molar-refractivity contribution in [3.63, 3.8) is 0 Å². The van der Waals surface area contributed by atoms with Crippen molar-refractivity contribution < 1.29 is 9.66 Å². The molecule has 0 radical (unpaired) electrons. The van der Waals surface area contributed by atoms with E-state index in [1.807, 2.05) is 43.3 Å². The third kappa shape index (κ3) is 3.10. The Balaban J connectivity index is 1.99. The molecule has 0 saturated carbocycles. The van der Waals surface area contributed by atoms with Crippen molar-refractivity contribution in [1.29, 1.82) is 0 Å². The van der Waals surface area contributed by atoms with Gasteiger partial charge in [-0.2, -0.15) is 0 Å². The van der Waals surface area contributed by atoms with Crippen molar-refractivity contribution in [2.75, 3.05) is 0 Å². The predicted molar refractivity (Wildman–Crippen MR) is 88.9 cm³/mol. The molecule has 2 aromatic carbocycles. The van der Waals surface area contributed by atoms with E-state index in [9.17, 15) is 10.1 Å². The monoisotopic (exact) mass is 328 g/mol. The van der Waals surface area contributed by atoms with Gasteiger partial charge in [-0.05, 0) is 30.2 Å². The van der Waals surface area contributed by atoms with Crippen LogP contribution in [-0.4, -0.2) is 9.91 Å². The van der Waals surface area contributed by atoms with Gasteiger partial charge in [0.15, 0.2) is 0 Å². The molecule has 0 amide bonds. The van der Waals surface area contributed by atoms with Crippen molar-refractivity contribution in [3.05, 3.63) is 74.9 Å². The number of ether oxygens (including phenoxy) is 1. The molecule has 3 rings (SSSR count). The van der Waals surface area contributed by atoms with E-state index in [2.05, 4.69) is 4.98 Å². The van der Waals surface area contributed by atoms with Crippen molar-refractivity contribution in [2.45, 2.75) is 13.5 Å². The minimum atomic E-state index is -0.540. The Bertz CT molecular complexity index is 882. The second-order valence-corrected chi connectivity index (χ2v) is 5.50. The summed E-state index contributed by atoms with van der Waals surface area (Å²) in [5.41, 5.74) is 2.31. The van der Waals surface area contributed by atoms with Crippen LogP contribution in [0, 0.1) is 17.0 Å². The fraction of sp³-hybridized carbons (Fsp3) is 0.118. The summed E-state index contributed by atoms with van der Waals surface area (Å²) in [6.07, 6.45) is 1.18. The number of pyridine rings is 1. The smallest absolute Gasteiger partial charge is 0.306 e. The van der Waals surface area contributed by atoms with Gasteiger partial charge in [-0.25, -0.2) is 4.98 Å². The minimum absolute atomic E-state index is 0.0771. The molecule has 0 aliphatic rings. The molecule has 0 aliphatic carbocycles. The first-order chi connectivity index (χ1) is 11.1. The first kappa shape index (κ1) is 15.2. The van der Waals surface area contributed by atoms with Crippen molar-refractivity contribution in [1.82, 2.24) is 4.98 Å². The Morgan fingerprint density at radius 1 is 1.26 bits per heavy atom. The Morgan fingerprint density at radius 2 is 2.00 bits per heavy atom. The van der Waals surface area contributed by atoms with E-state index in [1.165, 1.54) is 6.20 Å². The van der Waals surface area contributed by atoms with Crippen LogP contribution in [0.5, 0.6) is 5.75 Å². The number of aryl methyl sites for hydroxylation is 1. The highest BCUT2D eigenvalue weighted by atomic mass is 35.5. The van der Waals surface area contributed by atoms with Crippen LogP contribution < -0.4 is 4.74 Å². The first-order valence-corrected chi connectivity index (χ1v) is 7.34. The highest BCUT2D eigenvalue weighted by Crippen LogP contribution is 2.34. The summed E-state index contributed by atoms with van der Waals surface area (Å²) < 4.78 is 5.78. The summed E-state index contributed by atoms with van der Waals surface area (Å²) in [6.45, 7) is 2.28. The number of aromatic nitrogens is 1. The maximum atomic E-state index is 11.0. The minimum Gasteiger partial charge on any atom is -0.489 e. The van der Waals surface area contributed by atoms with Crippen molar-refractivity contribution in [2.24, 2.45) is 0 Å². The molecule has 5 nitrogen and oxygen atoms in total. The highest BCUT2D eigenvalue weighted by Gasteiger charge is 2.18. The molecule has 0 spiro atoms. The zero-order valence-corrected chi connectivity index (χ0v) is 13.1. The lowest BCUT2D eigenvalue weighted by molar-refractivity contribution is -0.384. The normalized spacial score (nSPS) is 10.7. The van der Waals surface area contributed by atoms with Crippen molar-refractivity contribution in [3.8, 4) is 5.75 Å². The van der Waals surface area contributed by atoms with Gasteiger partial charge in [0, 0.05) is 5.39 Å². The van der Waals surface area contributed by atoms with E-state index in [-0.39, 0.29) is 10.7 Å². The van der Waals surface area contributed by atoms with Crippen LogP contribution in [0.25, 0.3) is 10.9 Å². The van der Waals surface area contributed by atoms with Crippen LogP contribution in [-0.2, 0) is 6.61 Å². The quantitative estimate of drug-likeness (QED) is 0.515. The number of fused-ring (bicyclic) bond motifs is 1. The van der Waals surface area contributed by atoms with Gasteiger partial charge >= 0.3 is 5.69 Å². The number of hydrogen-bond donors (Lipinski definition) is 0. The molecule has 0 saturated heterocycles. The van der Waals surface area contributed by atoms with Crippen LogP contribution in [0.4, 0.5) is 5.69 Å². The molecule has 6 heteroatoms. The van der Waals surface area contributed by atoms with Gasteiger partial charge in [-0.3, -0.25) is 10.1 Å². The van der Waals surface area contributed by atoms with Crippen LogP contribution in [0.3, 0.4) is 0 Å². The lowest BCUT2D eigenvalue weighted by Gasteiger charge is -2.10. The standard InChI is InChI=1S/C17H13ClN2O3/c1-11-7-13(23-10-12-5-3-2-4-6-12)8-14-16(18)15(20(21)22)9-19-17(11)14/h2-9H,10H2,1H3. The fourth-order valence-corrected chi connectivity index (χ4v) is 2.62. The summed E-state index contributed by atoms with van der Waals surface area (Å²) in [4.78, 5) is 14.6. The number of benzene rings is 2. The molecule has 0 aliphatic heterocycles. The molecule has 1 aromatic heterocycles. The molecule has 3 aromatic rings. The largest absolute Gasteiger partial charge is 0.489 e. The van der Waals surface area contributed by atoms with Crippen LogP contribution in [0.1, 0.15) is 11.1 Å². The summed E-state index contributed by atoms with van der Waals surface area (Å²) in [7, 11) is 0. The summed E-state index contributed by atoms with van der Waals surface area (Å²) >= 11 is 6.16. The molecule has 0 bridgehead atoms. The third-order valence-electron chi connectivity index (χ3n) is 3.50. The summed E-state index contributed by atoms with van der Waals surface area (Å²) in [6, 6.07) is 13.3.